The lowest BCUT2D eigenvalue weighted by atomic mass is 9.92. The van der Waals surface area contributed by atoms with Gasteiger partial charge in [-0.15, -0.1) is 11.8 Å². The van der Waals surface area contributed by atoms with E-state index in [0.717, 1.165) is 5.92 Å². The molecule has 0 aliphatic carbocycles. The Morgan fingerprint density at radius 3 is 2.08 bits per heavy atom. The lowest BCUT2D eigenvalue weighted by Gasteiger charge is -2.15. The highest BCUT2D eigenvalue weighted by atomic mass is 32.2. The zero-order chi connectivity index (χ0) is 9.40. The first-order valence-electron chi connectivity index (χ1n) is 4.95. The predicted octanol–water partition coefficient (Wildman–Crippen LogP) is 4.47. The van der Waals surface area contributed by atoms with Gasteiger partial charge in [0.2, 0.25) is 0 Å². The molecule has 0 radical (unpaired) electrons. The van der Waals surface area contributed by atoms with E-state index in [1.807, 2.05) is 11.8 Å². The summed E-state index contributed by atoms with van der Waals surface area (Å²) in [5, 5.41) is 2.30. The van der Waals surface area contributed by atoms with Gasteiger partial charge < -0.3 is 0 Å². The molecule has 0 heterocycles. The summed E-state index contributed by atoms with van der Waals surface area (Å²) in [4.78, 5) is 0. The molecule has 0 unspecified atom stereocenters. The molecule has 0 spiro atoms. The van der Waals surface area contributed by atoms with Gasteiger partial charge in [0.15, 0.2) is 0 Å². The second kappa shape index (κ2) is 7.72. The van der Waals surface area contributed by atoms with Gasteiger partial charge in [-0.3, -0.25) is 0 Å². The molecule has 0 amide bonds. The number of hydrogen-bond acceptors (Lipinski definition) is 1. The van der Waals surface area contributed by atoms with Gasteiger partial charge >= 0.3 is 0 Å². The van der Waals surface area contributed by atoms with E-state index in [2.05, 4.69) is 32.4 Å². The molecule has 0 aromatic rings. The van der Waals surface area contributed by atoms with Crippen LogP contribution >= 0.6 is 11.8 Å². The van der Waals surface area contributed by atoms with E-state index >= 15 is 0 Å². The molecule has 0 N–H and O–H groups in total. The largest absolute Gasteiger partial charge is 0.138 e. The van der Waals surface area contributed by atoms with Crippen LogP contribution in [0.15, 0.2) is 11.0 Å². The molecule has 1 heteroatoms. The zero-order valence-corrected chi connectivity index (χ0v) is 9.71. The number of thioether (sulfide) groups is 1. The zero-order valence-electron chi connectivity index (χ0n) is 8.89. The molecule has 12 heavy (non-hydrogen) atoms. The van der Waals surface area contributed by atoms with E-state index in [0.29, 0.717) is 0 Å². The van der Waals surface area contributed by atoms with Crippen molar-refractivity contribution in [2.75, 3.05) is 6.26 Å². The van der Waals surface area contributed by atoms with Gasteiger partial charge in [0.1, 0.15) is 0 Å². The van der Waals surface area contributed by atoms with Crippen LogP contribution in [0, 0.1) is 5.92 Å². The van der Waals surface area contributed by atoms with Gasteiger partial charge in [0.05, 0.1) is 0 Å². The van der Waals surface area contributed by atoms with E-state index in [4.69, 9.17) is 0 Å². The second-order valence-electron chi connectivity index (χ2n) is 3.37. The Bertz CT molecular complexity index is 121. The Labute approximate surface area is 81.8 Å². The summed E-state index contributed by atoms with van der Waals surface area (Å²) in [5.74, 6) is 0.840. The molecule has 0 saturated heterocycles. The van der Waals surface area contributed by atoms with Crippen LogP contribution in [0.5, 0.6) is 0 Å². The quantitative estimate of drug-likeness (QED) is 0.590. The highest BCUT2D eigenvalue weighted by molar-refractivity contribution is 8.01. The maximum absolute atomic E-state index is 2.30. The van der Waals surface area contributed by atoms with E-state index in [9.17, 15) is 0 Å². The summed E-state index contributed by atoms with van der Waals surface area (Å²) < 4.78 is 0. The molecular formula is C11H22S. The monoisotopic (exact) mass is 186 g/mol. The van der Waals surface area contributed by atoms with E-state index in [-0.39, 0.29) is 0 Å². The van der Waals surface area contributed by atoms with Gasteiger partial charge in [-0.25, -0.2) is 0 Å². The van der Waals surface area contributed by atoms with Crippen molar-refractivity contribution in [3.8, 4) is 0 Å². The van der Waals surface area contributed by atoms with Crippen molar-refractivity contribution < 1.29 is 0 Å². The first-order valence-corrected chi connectivity index (χ1v) is 6.24. The fraction of sp³-hybridized carbons (Fsp3) is 0.818. The van der Waals surface area contributed by atoms with Crippen LogP contribution in [-0.2, 0) is 0 Å². The summed E-state index contributed by atoms with van der Waals surface area (Å²) in [6.07, 6.45) is 7.47. The summed E-state index contributed by atoms with van der Waals surface area (Å²) >= 11 is 1.83. The molecule has 0 rings (SSSR count). The molecule has 0 nitrogen and oxygen atoms in total. The lowest BCUT2D eigenvalue weighted by molar-refractivity contribution is 0.505. The SMILES string of the molecule is CCCC(CCC)C(C)=CSC. The molecule has 0 saturated carbocycles. The normalized spacial score (nSPS) is 12.6. The van der Waals surface area contributed by atoms with Crippen molar-refractivity contribution >= 4 is 11.8 Å². The summed E-state index contributed by atoms with van der Waals surface area (Å²) in [5.41, 5.74) is 1.58. The van der Waals surface area contributed by atoms with Crippen LogP contribution < -0.4 is 0 Å². The van der Waals surface area contributed by atoms with Crippen molar-refractivity contribution in [3.05, 3.63) is 11.0 Å². The molecular weight excluding hydrogens is 164 g/mol. The van der Waals surface area contributed by atoms with E-state index < -0.39 is 0 Å². The third kappa shape index (κ3) is 4.87. The van der Waals surface area contributed by atoms with Crippen LogP contribution in [0.3, 0.4) is 0 Å². The number of rotatable bonds is 6. The third-order valence-electron chi connectivity index (χ3n) is 2.22. The predicted molar refractivity (Wildman–Crippen MR) is 60.6 cm³/mol. The first kappa shape index (κ1) is 12.1. The Morgan fingerprint density at radius 1 is 1.25 bits per heavy atom. The molecule has 0 aliphatic rings. The Morgan fingerprint density at radius 2 is 1.75 bits per heavy atom. The Balaban J connectivity index is 3.98. The van der Waals surface area contributed by atoms with Crippen molar-refractivity contribution in [1.29, 1.82) is 0 Å². The standard InChI is InChI=1S/C11H22S/c1-5-7-11(8-6-2)10(3)9-12-4/h9,11H,5-8H2,1-4H3. The van der Waals surface area contributed by atoms with Gasteiger partial charge in [0, 0.05) is 0 Å². The van der Waals surface area contributed by atoms with Crippen LogP contribution in [0.1, 0.15) is 46.5 Å². The number of hydrogen-bond donors (Lipinski definition) is 0. The minimum atomic E-state index is 0.840. The summed E-state index contributed by atoms with van der Waals surface area (Å²) in [6, 6.07) is 0. The van der Waals surface area contributed by atoms with Crippen molar-refractivity contribution in [2.24, 2.45) is 5.92 Å². The fourth-order valence-corrected chi connectivity index (χ4v) is 2.14. The maximum Gasteiger partial charge on any atom is -0.0142 e. The molecule has 72 valence electrons. The van der Waals surface area contributed by atoms with Crippen molar-refractivity contribution in [2.45, 2.75) is 46.5 Å². The smallest absolute Gasteiger partial charge is 0.0142 e. The second-order valence-corrected chi connectivity index (χ2v) is 4.08. The fourth-order valence-electron chi connectivity index (χ4n) is 1.58. The van der Waals surface area contributed by atoms with E-state index in [1.54, 1.807) is 5.57 Å². The van der Waals surface area contributed by atoms with Gasteiger partial charge in [0.25, 0.3) is 0 Å². The summed E-state index contributed by atoms with van der Waals surface area (Å²) in [6.45, 7) is 6.82. The molecule has 0 atom stereocenters. The van der Waals surface area contributed by atoms with Crippen LogP contribution in [-0.4, -0.2) is 6.26 Å². The van der Waals surface area contributed by atoms with Gasteiger partial charge in [-0.05, 0) is 37.3 Å². The number of allylic oxidation sites excluding steroid dienone is 1. The third-order valence-corrected chi connectivity index (χ3v) is 2.83. The van der Waals surface area contributed by atoms with Crippen LogP contribution in [0.4, 0.5) is 0 Å². The van der Waals surface area contributed by atoms with Crippen molar-refractivity contribution in [1.82, 2.24) is 0 Å². The molecule has 0 aliphatic heterocycles. The Hall–Kier alpha value is 0.0900. The average molecular weight is 186 g/mol. The van der Waals surface area contributed by atoms with Crippen molar-refractivity contribution in [3.63, 3.8) is 0 Å². The highest BCUT2D eigenvalue weighted by Gasteiger charge is 2.07. The molecule has 0 aromatic heterocycles. The topological polar surface area (TPSA) is 0 Å². The highest BCUT2D eigenvalue weighted by Crippen LogP contribution is 2.23. The molecule has 0 aromatic carbocycles. The average Bonchev–Trinajstić information content (AvgIpc) is 2.04. The van der Waals surface area contributed by atoms with Gasteiger partial charge in [-0.1, -0.05) is 32.3 Å². The molecule has 0 bridgehead atoms. The summed E-state index contributed by atoms with van der Waals surface area (Å²) in [7, 11) is 0. The minimum absolute atomic E-state index is 0.840. The van der Waals surface area contributed by atoms with Crippen LogP contribution in [0.25, 0.3) is 0 Å². The first-order chi connectivity index (χ1) is 5.76. The van der Waals surface area contributed by atoms with E-state index in [1.165, 1.54) is 25.7 Å². The molecule has 0 fully saturated rings. The lowest BCUT2D eigenvalue weighted by Crippen LogP contribution is -2.00. The maximum atomic E-state index is 2.30. The van der Waals surface area contributed by atoms with Crippen LogP contribution in [0.2, 0.25) is 0 Å². The Kier molecular flexibility index (Phi) is 7.78. The minimum Gasteiger partial charge on any atom is -0.138 e. The van der Waals surface area contributed by atoms with Gasteiger partial charge in [-0.2, -0.15) is 0 Å².